The molecule has 1 aromatic carbocycles. The Kier molecular flexibility index (Phi) is 3.97. The van der Waals surface area contributed by atoms with Gasteiger partial charge in [0, 0.05) is 0 Å². The molecule has 0 fully saturated rings. The van der Waals surface area contributed by atoms with Gasteiger partial charge in [0.1, 0.15) is 11.8 Å². The minimum atomic E-state index is -0.397. The molecule has 0 saturated heterocycles. The number of hydrogen-bond donors (Lipinski definition) is 1. The van der Waals surface area contributed by atoms with Crippen LogP contribution in [-0.4, -0.2) is 26.2 Å². The average molecular weight is 209 g/mol. The summed E-state index contributed by atoms with van der Waals surface area (Å²) in [5, 5.41) is 3.01. The molecule has 0 aromatic heterocycles. The van der Waals surface area contributed by atoms with E-state index in [9.17, 15) is 4.79 Å². The van der Waals surface area contributed by atoms with Crippen molar-refractivity contribution in [2.24, 2.45) is 0 Å². The summed E-state index contributed by atoms with van der Waals surface area (Å²) in [6.45, 7) is 1.73. The predicted molar refractivity (Wildman–Crippen MR) is 58.1 cm³/mol. The van der Waals surface area contributed by atoms with Crippen molar-refractivity contribution in [3.63, 3.8) is 0 Å². The SMILES string of the molecule is COC(=O)[C@H](C)Nc1ccccc1OC. The van der Waals surface area contributed by atoms with E-state index in [2.05, 4.69) is 10.1 Å². The third kappa shape index (κ3) is 2.87. The fraction of sp³-hybridized carbons (Fsp3) is 0.364. The van der Waals surface area contributed by atoms with Crippen LogP contribution in [0, 0.1) is 0 Å². The highest BCUT2D eigenvalue weighted by Gasteiger charge is 2.13. The Morgan fingerprint density at radius 1 is 1.33 bits per heavy atom. The van der Waals surface area contributed by atoms with Gasteiger partial charge in [-0.1, -0.05) is 12.1 Å². The van der Waals surface area contributed by atoms with Gasteiger partial charge in [0.25, 0.3) is 0 Å². The molecule has 4 nitrogen and oxygen atoms in total. The maximum Gasteiger partial charge on any atom is 0.327 e. The summed E-state index contributed by atoms with van der Waals surface area (Å²) in [5.74, 6) is 0.397. The second kappa shape index (κ2) is 5.24. The summed E-state index contributed by atoms with van der Waals surface area (Å²) in [4.78, 5) is 11.2. The van der Waals surface area contributed by atoms with Crippen LogP contribution in [0.3, 0.4) is 0 Å². The summed E-state index contributed by atoms with van der Waals surface area (Å²) in [7, 11) is 2.95. The van der Waals surface area contributed by atoms with Crippen molar-refractivity contribution in [3.05, 3.63) is 24.3 Å². The molecule has 1 N–H and O–H groups in total. The van der Waals surface area contributed by atoms with E-state index in [0.717, 1.165) is 5.69 Å². The molecule has 0 unspecified atom stereocenters. The molecule has 0 aliphatic heterocycles. The number of rotatable bonds is 4. The number of benzene rings is 1. The zero-order valence-corrected chi connectivity index (χ0v) is 9.11. The van der Waals surface area contributed by atoms with Crippen LogP contribution < -0.4 is 10.1 Å². The van der Waals surface area contributed by atoms with Crippen molar-refractivity contribution < 1.29 is 14.3 Å². The topological polar surface area (TPSA) is 47.6 Å². The Balaban J connectivity index is 2.75. The van der Waals surface area contributed by atoms with Gasteiger partial charge in [0.2, 0.25) is 0 Å². The van der Waals surface area contributed by atoms with E-state index < -0.39 is 6.04 Å². The number of anilines is 1. The van der Waals surface area contributed by atoms with E-state index in [1.807, 2.05) is 24.3 Å². The lowest BCUT2D eigenvalue weighted by Crippen LogP contribution is -2.27. The molecule has 1 rings (SSSR count). The first-order valence-corrected chi connectivity index (χ1v) is 4.66. The van der Waals surface area contributed by atoms with E-state index in [1.54, 1.807) is 14.0 Å². The highest BCUT2D eigenvalue weighted by atomic mass is 16.5. The van der Waals surface area contributed by atoms with Crippen molar-refractivity contribution in [3.8, 4) is 5.75 Å². The first-order valence-electron chi connectivity index (χ1n) is 4.66. The standard InChI is InChI=1S/C11H15NO3/c1-8(11(13)15-3)12-9-6-4-5-7-10(9)14-2/h4-8,12H,1-3H3/t8-/m0/s1. The van der Waals surface area contributed by atoms with E-state index in [1.165, 1.54) is 7.11 Å². The summed E-state index contributed by atoms with van der Waals surface area (Å²) in [6.07, 6.45) is 0. The zero-order chi connectivity index (χ0) is 11.3. The van der Waals surface area contributed by atoms with E-state index in [-0.39, 0.29) is 5.97 Å². The lowest BCUT2D eigenvalue weighted by atomic mass is 10.2. The average Bonchev–Trinajstić information content (AvgIpc) is 2.28. The Bertz CT molecular complexity index is 338. The number of carbonyl (C=O) groups is 1. The van der Waals surface area contributed by atoms with Crippen molar-refractivity contribution >= 4 is 11.7 Å². The Labute approximate surface area is 89.2 Å². The lowest BCUT2D eigenvalue weighted by molar-refractivity contribution is -0.141. The minimum Gasteiger partial charge on any atom is -0.495 e. The van der Waals surface area contributed by atoms with Crippen molar-refractivity contribution in [1.82, 2.24) is 0 Å². The number of hydrogen-bond acceptors (Lipinski definition) is 4. The molecule has 1 atom stereocenters. The molecule has 0 saturated carbocycles. The summed E-state index contributed by atoms with van der Waals surface area (Å²) < 4.78 is 9.76. The number of ether oxygens (including phenoxy) is 2. The second-order valence-corrected chi connectivity index (χ2v) is 3.09. The van der Waals surface area contributed by atoms with Gasteiger partial charge in [-0.2, -0.15) is 0 Å². The number of methoxy groups -OCH3 is 2. The number of nitrogens with one attached hydrogen (secondary N) is 1. The van der Waals surface area contributed by atoms with Gasteiger partial charge < -0.3 is 14.8 Å². The smallest absolute Gasteiger partial charge is 0.327 e. The molecule has 0 heterocycles. The third-order valence-electron chi connectivity index (χ3n) is 2.03. The van der Waals surface area contributed by atoms with Gasteiger partial charge in [0.15, 0.2) is 0 Å². The lowest BCUT2D eigenvalue weighted by Gasteiger charge is -2.15. The molecule has 0 aliphatic rings. The molecular weight excluding hydrogens is 194 g/mol. The molecule has 15 heavy (non-hydrogen) atoms. The fourth-order valence-electron chi connectivity index (χ4n) is 1.23. The molecular formula is C11H15NO3. The predicted octanol–water partition coefficient (Wildman–Crippen LogP) is 1.67. The van der Waals surface area contributed by atoms with Crippen LogP contribution in [0.25, 0.3) is 0 Å². The maximum absolute atomic E-state index is 11.2. The Morgan fingerprint density at radius 3 is 2.60 bits per heavy atom. The molecule has 0 amide bonds. The third-order valence-corrected chi connectivity index (χ3v) is 2.03. The van der Waals surface area contributed by atoms with Gasteiger partial charge >= 0.3 is 5.97 Å². The Morgan fingerprint density at radius 2 is 2.00 bits per heavy atom. The van der Waals surface area contributed by atoms with Crippen LogP contribution in [0.5, 0.6) is 5.75 Å². The minimum absolute atomic E-state index is 0.305. The Hall–Kier alpha value is -1.71. The summed E-state index contributed by atoms with van der Waals surface area (Å²) in [5.41, 5.74) is 0.776. The molecule has 82 valence electrons. The van der Waals surface area contributed by atoms with Crippen molar-refractivity contribution in [2.75, 3.05) is 19.5 Å². The van der Waals surface area contributed by atoms with Crippen LogP contribution in [0.2, 0.25) is 0 Å². The van der Waals surface area contributed by atoms with Crippen LogP contribution in [0.1, 0.15) is 6.92 Å². The largest absolute Gasteiger partial charge is 0.495 e. The molecule has 0 spiro atoms. The van der Waals surface area contributed by atoms with Gasteiger partial charge in [-0.3, -0.25) is 0 Å². The van der Waals surface area contributed by atoms with Crippen LogP contribution in [0.4, 0.5) is 5.69 Å². The molecule has 4 heteroatoms. The second-order valence-electron chi connectivity index (χ2n) is 3.09. The van der Waals surface area contributed by atoms with E-state index in [4.69, 9.17) is 4.74 Å². The summed E-state index contributed by atoms with van der Waals surface area (Å²) >= 11 is 0. The number of esters is 1. The normalized spacial score (nSPS) is 11.7. The summed E-state index contributed by atoms with van der Waals surface area (Å²) in [6, 6.07) is 7.01. The fourth-order valence-corrected chi connectivity index (χ4v) is 1.23. The monoisotopic (exact) mass is 209 g/mol. The van der Waals surface area contributed by atoms with Crippen molar-refractivity contribution in [1.29, 1.82) is 0 Å². The van der Waals surface area contributed by atoms with Gasteiger partial charge in [-0.05, 0) is 19.1 Å². The van der Waals surface area contributed by atoms with Crippen LogP contribution >= 0.6 is 0 Å². The first kappa shape index (κ1) is 11.4. The first-order chi connectivity index (χ1) is 7.19. The molecule has 0 aliphatic carbocycles. The van der Waals surface area contributed by atoms with Crippen LogP contribution in [-0.2, 0) is 9.53 Å². The molecule has 0 radical (unpaired) electrons. The van der Waals surface area contributed by atoms with Crippen LogP contribution in [0.15, 0.2) is 24.3 Å². The van der Waals surface area contributed by atoms with Crippen molar-refractivity contribution in [2.45, 2.75) is 13.0 Å². The quantitative estimate of drug-likeness (QED) is 0.766. The molecule has 0 bridgehead atoms. The zero-order valence-electron chi connectivity index (χ0n) is 9.11. The van der Waals surface area contributed by atoms with Gasteiger partial charge in [-0.25, -0.2) is 4.79 Å². The molecule has 1 aromatic rings. The maximum atomic E-state index is 11.2. The van der Waals surface area contributed by atoms with Gasteiger partial charge in [-0.15, -0.1) is 0 Å². The van der Waals surface area contributed by atoms with E-state index >= 15 is 0 Å². The number of para-hydroxylation sites is 2. The van der Waals surface area contributed by atoms with E-state index in [0.29, 0.717) is 5.75 Å². The highest BCUT2D eigenvalue weighted by Crippen LogP contribution is 2.23. The number of carbonyl (C=O) groups excluding carboxylic acids is 1. The van der Waals surface area contributed by atoms with Gasteiger partial charge in [0.05, 0.1) is 19.9 Å². The highest BCUT2D eigenvalue weighted by molar-refractivity contribution is 5.79.